The fraction of sp³-hybridized carbons (Fsp3) is 0.538. The van der Waals surface area contributed by atoms with Crippen LogP contribution in [-0.2, 0) is 6.54 Å². The van der Waals surface area contributed by atoms with E-state index in [0.717, 1.165) is 24.9 Å². The minimum Gasteiger partial charge on any atom is -0.396 e. The Balaban J connectivity index is 1.83. The van der Waals surface area contributed by atoms with Gasteiger partial charge in [0.25, 0.3) is 0 Å². The molecule has 0 radical (unpaired) electrons. The predicted molar refractivity (Wildman–Crippen MR) is 61.6 cm³/mol. The van der Waals surface area contributed by atoms with Gasteiger partial charge in [0.1, 0.15) is 5.82 Å². The zero-order valence-electron chi connectivity index (χ0n) is 9.59. The molecule has 0 aliphatic heterocycles. The highest BCUT2D eigenvalue weighted by Crippen LogP contribution is 2.44. The maximum Gasteiger partial charge on any atom is 0.126 e. The van der Waals surface area contributed by atoms with Gasteiger partial charge in [-0.05, 0) is 37.0 Å². The lowest BCUT2D eigenvalue weighted by Crippen LogP contribution is -2.26. The van der Waals surface area contributed by atoms with Gasteiger partial charge < -0.3 is 10.4 Å². The van der Waals surface area contributed by atoms with E-state index in [4.69, 9.17) is 5.11 Å². The fourth-order valence-electron chi connectivity index (χ4n) is 1.79. The quantitative estimate of drug-likeness (QED) is 0.800. The fourth-order valence-corrected chi connectivity index (χ4v) is 1.79. The van der Waals surface area contributed by atoms with Crippen LogP contribution in [0.5, 0.6) is 0 Å². The third-order valence-corrected chi connectivity index (χ3v) is 3.36. The molecule has 2 N–H and O–H groups in total. The van der Waals surface area contributed by atoms with Gasteiger partial charge in [0, 0.05) is 25.1 Å². The minimum absolute atomic E-state index is 0.114. The van der Waals surface area contributed by atoms with Crippen molar-refractivity contribution in [2.45, 2.75) is 26.3 Å². The van der Waals surface area contributed by atoms with Crippen molar-refractivity contribution in [1.82, 2.24) is 5.32 Å². The van der Waals surface area contributed by atoms with Crippen LogP contribution < -0.4 is 5.32 Å². The number of aryl methyl sites for hydroxylation is 1. The Morgan fingerprint density at radius 3 is 2.75 bits per heavy atom. The lowest BCUT2D eigenvalue weighted by Gasteiger charge is -2.12. The minimum atomic E-state index is -0.150. The summed E-state index contributed by atoms with van der Waals surface area (Å²) in [7, 11) is 0. The summed E-state index contributed by atoms with van der Waals surface area (Å²) >= 11 is 0. The van der Waals surface area contributed by atoms with Crippen LogP contribution in [-0.4, -0.2) is 18.3 Å². The molecule has 88 valence electrons. The third-order valence-electron chi connectivity index (χ3n) is 3.36. The van der Waals surface area contributed by atoms with Crippen molar-refractivity contribution in [3.8, 4) is 0 Å². The molecule has 1 aliphatic carbocycles. The molecule has 2 nitrogen and oxygen atoms in total. The number of nitrogens with one attached hydrogen (secondary N) is 1. The molecule has 1 aromatic carbocycles. The molecule has 0 atom stereocenters. The van der Waals surface area contributed by atoms with Crippen LogP contribution in [0.25, 0.3) is 0 Å². The topological polar surface area (TPSA) is 32.3 Å². The van der Waals surface area contributed by atoms with E-state index in [1.165, 1.54) is 0 Å². The number of benzene rings is 1. The molecule has 0 aromatic heterocycles. The van der Waals surface area contributed by atoms with Crippen LogP contribution in [0.2, 0.25) is 0 Å². The van der Waals surface area contributed by atoms with Gasteiger partial charge >= 0.3 is 0 Å². The molecular weight excluding hydrogens is 205 g/mol. The van der Waals surface area contributed by atoms with E-state index in [0.29, 0.717) is 12.1 Å². The molecule has 1 fully saturated rings. The zero-order chi connectivity index (χ0) is 11.6. The molecule has 3 heteroatoms. The van der Waals surface area contributed by atoms with E-state index in [-0.39, 0.29) is 17.8 Å². The molecule has 0 heterocycles. The Hall–Kier alpha value is -0.930. The van der Waals surface area contributed by atoms with Gasteiger partial charge in [0.05, 0.1) is 0 Å². The van der Waals surface area contributed by atoms with E-state index in [1.54, 1.807) is 19.1 Å². The highest BCUT2D eigenvalue weighted by molar-refractivity contribution is 5.23. The first-order valence-corrected chi connectivity index (χ1v) is 5.72. The van der Waals surface area contributed by atoms with E-state index >= 15 is 0 Å². The van der Waals surface area contributed by atoms with Crippen LogP contribution in [0, 0.1) is 18.2 Å². The van der Waals surface area contributed by atoms with Gasteiger partial charge in [-0.15, -0.1) is 0 Å². The predicted octanol–water partition coefficient (Wildman–Crippen LogP) is 2.00. The van der Waals surface area contributed by atoms with Crippen LogP contribution in [0.1, 0.15) is 24.0 Å². The molecule has 0 bridgehead atoms. The molecule has 1 aromatic rings. The van der Waals surface area contributed by atoms with E-state index < -0.39 is 0 Å². The summed E-state index contributed by atoms with van der Waals surface area (Å²) in [5.41, 5.74) is 1.75. The highest BCUT2D eigenvalue weighted by atomic mass is 19.1. The smallest absolute Gasteiger partial charge is 0.126 e. The second-order valence-electron chi connectivity index (χ2n) is 4.85. The van der Waals surface area contributed by atoms with Crippen molar-refractivity contribution < 1.29 is 9.50 Å². The maximum absolute atomic E-state index is 13.3. The largest absolute Gasteiger partial charge is 0.396 e. The zero-order valence-corrected chi connectivity index (χ0v) is 9.59. The summed E-state index contributed by atoms with van der Waals surface area (Å²) < 4.78 is 13.3. The number of aliphatic hydroxyl groups is 1. The molecule has 16 heavy (non-hydrogen) atoms. The second kappa shape index (κ2) is 4.52. The SMILES string of the molecule is Cc1ccc(CNCC2(CO)CC2)cc1F. The number of rotatable bonds is 5. The Bertz CT molecular complexity index is 374. The lowest BCUT2D eigenvalue weighted by molar-refractivity contribution is 0.207. The summed E-state index contributed by atoms with van der Waals surface area (Å²) in [5, 5.41) is 12.4. The van der Waals surface area contributed by atoms with Crippen LogP contribution in [0.3, 0.4) is 0 Å². The first-order valence-electron chi connectivity index (χ1n) is 5.72. The number of hydrogen-bond donors (Lipinski definition) is 2. The van der Waals surface area contributed by atoms with Crippen LogP contribution in [0.15, 0.2) is 18.2 Å². The molecule has 0 unspecified atom stereocenters. The van der Waals surface area contributed by atoms with Crippen molar-refractivity contribution >= 4 is 0 Å². The summed E-state index contributed by atoms with van der Waals surface area (Å²) in [5.74, 6) is -0.150. The number of aliphatic hydroxyl groups excluding tert-OH is 1. The number of hydrogen-bond acceptors (Lipinski definition) is 2. The summed E-state index contributed by atoms with van der Waals surface area (Å²) in [6, 6.07) is 5.30. The first kappa shape index (κ1) is 11.6. The standard InChI is InChI=1S/C13H18FNO/c1-10-2-3-11(6-12(10)14)7-15-8-13(9-16)4-5-13/h2-3,6,15-16H,4-5,7-9H2,1H3. The summed E-state index contributed by atoms with van der Waals surface area (Å²) in [6.45, 7) is 3.50. The van der Waals surface area contributed by atoms with Crippen molar-refractivity contribution in [3.05, 3.63) is 35.1 Å². The Morgan fingerprint density at radius 1 is 1.44 bits per heavy atom. The maximum atomic E-state index is 13.3. The Kier molecular flexibility index (Phi) is 3.26. The van der Waals surface area contributed by atoms with Gasteiger partial charge in [-0.2, -0.15) is 0 Å². The van der Waals surface area contributed by atoms with Crippen molar-refractivity contribution in [3.63, 3.8) is 0 Å². The molecule has 2 rings (SSSR count). The summed E-state index contributed by atoms with van der Waals surface area (Å²) in [6.07, 6.45) is 2.19. The van der Waals surface area contributed by atoms with E-state index in [9.17, 15) is 4.39 Å². The van der Waals surface area contributed by atoms with Gasteiger partial charge in [-0.1, -0.05) is 12.1 Å². The van der Waals surface area contributed by atoms with Gasteiger partial charge in [-0.25, -0.2) is 4.39 Å². The Labute approximate surface area is 95.5 Å². The van der Waals surface area contributed by atoms with Gasteiger partial charge in [0.2, 0.25) is 0 Å². The third kappa shape index (κ3) is 2.60. The van der Waals surface area contributed by atoms with Crippen LogP contribution in [0.4, 0.5) is 4.39 Å². The lowest BCUT2D eigenvalue weighted by atomic mass is 10.1. The molecule has 1 saturated carbocycles. The Morgan fingerprint density at radius 2 is 2.19 bits per heavy atom. The van der Waals surface area contributed by atoms with Crippen molar-refractivity contribution in [2.75, 3.05) is 13.2 Å². The molecular formula is C13H18FNO. The monoisotopic (exact) mass is 223 g/mol. The molecule has 0 amide bonds. The normalized spacial score (nSPS) is 17.4. The molecule has 0 spiro atoms. The van der Waals surface area contributed by atoms with Crippen LogP contribution >= 0.6 is 0 Å². The molecule has 0 saturated heterocycles. The van der Waals surface area contributed by atoms with Gasteiger partial charge in [0.15, 0.2) is 0 Å². The second-order valence-corrected chi connectivity index (χ2v) is 4.85. The first-order chi connectivity index (χ1) is 7.65. The molecule has 1 aliphatic rings. The van der Waals surface area contributed by atoms with Crippen molar-refractivity contribution in [2.24, 2.45) is 5.41 Å². The van der Waals surface area contributed by atoms with E-state index in [2.05, 4.69) is 5.32 Å². The average molecular weight is 223 g/mol. The van der Waals surface area contributed by atoms with Gasteiger partial charge in [-0.3, -0.25) is 0 Å². The van der Waals surface area contributed by atoms with Crippen molar-refractivity contribution in [1.29, 1.82) is 0 Å². The average Bonchev–Trinajstić information content (AvgIpc) is 3.04. The highest BCUT2D eigenvalue weighted by Gasteiger charge is 2.41. The summed E-state index contributed by atoms with van der Waals surface area (Å²) in [4.78, 5) is 0. The van der Waals surface area contributed by atoms with E-state index in [1.807, 2.05) is 6.07 Å². The number of halogens is 1.